The number of benzene rings is 1. The summed E-state index contributed by atoms with van der Waals surface area (Å²) in [6, 6.07) is 6.93. The van der Waals surface area contributed by atoms with Gasteiger partial charge in [-0.1, -0.05) is 24.0 Å². The quantitative estimate of drug-likeness (QED) is 0.654. The van der Waals surface area contributed by atoms with Crippen LogP contribution in [0.2, 0.25) is 0 Å². The molecule has 1 aromatic rings. The molecular weight excluding hydrogens is 332 g/mol. The summed E-state index contributed by atoms with van der Waals surface area (Å²) in [6.45, 7) is 6.41. The number of amides is 3. The Morgan fingerprint density at radius 3 is 2.69 bits per heavy atom. The molecule has 2 fully saturated rings. The molecule has 2 heterocycles. The van der Waals surface area contributed by atoms with Crippen LogP contribution in [0.1, 0.15) is 50.8 Å². The summed E-state index contributed by atoms with van der Waals surface area (Å²) < 4.78 is 5.46. The topological polar surface area (TPSA) is 75.7 Å². The molecule has 1 unspecified atom stereocenters. The number of nitrogens with zero attached hydrogens (tertiary/aromatic N) is 1. The number of ether oxygens (including phenoxy) is 1. The molecule has 6 nitrogen and oxygen atoms in total. The number of carbonyl (C=O) groups excluding carboxylic acids is 3. The lowest BCUT2D eigenvalue weighted by molar-refractivity contribution is -0.136. The van der Waals surface area contributed by atoms with Gasteiger partial charge in [0, 0.05) is 17.4 Å². The lowest BCUT2D eigenvalue weighted by atomic mass is 9.97. The second kappa shape index (κ2) is 6.83. The molecule has 0 aromatic heterocycles. The summed E-state index contributed by atoms with van der Waals surface area (Å²) in [6.07, 6.45) is -0.438. The van der Waals surface area contributed by atoms with Crippen LogP contribution in [-0.2, 0) is 14.3 Å². The monoisotopic (exact) mass is 354 g/mol. The van der Waals surface area contributed by atoms with Crippen LogP contribution in [0.3, 0.4) is 0 Å². The van der Waals surface area contributed by atoms with E-state index in [0.717, 1.165) is 11.1 Å². The SMILES string of the molecule is CC(C)(C)C#Cc1cccc([C@H]2CN(C3CCC(=O)NC3=O)C(=O)O2)c1. The molecule has 0 saturated carbocycles. The molecule has 136 valence electrons. The molecule has 2 saturated heterocycles. The van der Waals surface area contributed by atoms with Gasteiger partial charge in [-0.25, -0.2) is 4.79 Å². The molecular formula is C20H22N2O4. The number of nitrogens with one attached hydrogen (secondary N) is 1. The maximum atomic E-state index is 12.2. The molecule has 26 heavy (non-hydrogen) atoms. The second-order valence-corrected chi connectivity index (χ2v) is 7.62. The van der Waals surface area contributed by atoms with Gasteiger partial charge in [0.2, 0.25) is 11.8 Å². The maximum Gasteiger partial charge on any atom is 0.411 e. The Hall–Kier alpha value is -2.81. The molecule has 0 radical (unpaired) electrons. The van der Waals surface area contributed by atoms with Crippen molar-refractivity contribution in [2.24, 2.45) is 5.41 Å². The van der Waals surface area contributed by atoms with E-state index in [1.54, 1.807) is 0 Å². The van der Waals surface area contributed by atoms with Crippen molar-refractivity contribution in [2.45, 2.75) is 45.8 Å². The molecule has 1 N–H and O–H groups in total. The van der Waals surface area contributed by atoms with Crippen molar-refractivity contribution in [1.82, 2.24) is 10.2 Å². The van der Waals surface area contributed by atoms with Gasteiger partial charge in [0.15, 0.2) is 0 Å². The molecule has 2 aliphatic heterocycles. The predicted molar refractivity (Wildman–Crippen MR) is 94.9 cm³/mol. The van der Waals surface area contributed by atoms with Gasteiger partial charge in [-0.3, -0.25) is 19.8 Å². The first-order valence-corrected chi connectivity index (χ1v) is 8.67. The van der Waals surface area contributed by atoms with Crippen LogP contribution >= 0.6 is 0 Å². The second-order valence-electron chi connectivity index (χ2n) is 7.62. The first kappa shape index (κ1) is 18.0. The molecule has 0 spiro atoms. The van der Waals surface area contributed by atoms with E-state index < -0.39 is 24.1 Å². The highest BCUT2D eigenvalue weighted by Gasteiger charge is 2.41. The predicted octanol–water partition coefficient (Wildman–Crippen LogP) is 2.38. The Bertz CT molecular complexity index is 813. The Morgan fingerprint density at radius 1 is 1.23 bits per heavy atom. The highest BCUT2D eigenvalue weighted by molar-refractivity contribution is 6.01. The lowest BCUT2D eigenvalue weighted by Crippen LogP contribution is -2.52. The van der Waals surface area contributed by atoms with Crippen LogP contribution in [0, 0.1) is 17.3 Å². The van der Waals surface area contributed by atoms with Crippen molar-refractivity contribution < 1.29 is 19.1 Å². The first-order chi connectivity index (χ1) is 12.2. The molecule has 0 bridgehead atoms. The summed E-state index contributed by atoms with van der Waals surface area (Å²) in [5, 5.41) is 2.28. The minimum Gasteiger partial charge on any atom is -0.439 e. The molecule has 0 aliphatic carbocycles. The van der Waals surface area contributed by atoms with Crippen LogP contribution < -0.4 is 5.32 Å². The zero-order valence-corrected chi connectivity index (χ0v) is 15.2. The average molecular weight is 354 g/mol. The van der Waals surface area contributed by atoms with E-state index in [1.807, 2.05) is 45.0 Å². The van der Waals surface area contributed by atoms with E-state index in [2.05, 4.69) is 17.2 Å². The molecule has 3 rings (SSSR count). The van der Waals surface area contributed by atoms with Crippen LogP contribution in [0.5, 0.6) is 0 Å². The van der Waals surface area contributed by atoms with Gasteiger partial charge in [-0.05, 0) is 44.9 Å². The van der Waals surface area contributed by atoms with Crippen molar-refractivity contribution in [3.05, 3.63) is 35.4 Å². The summed E-state index contributed by atoms with van der Waals surface area (Å²) in [5.74, 6) is 5.58. The van der Waals surface area contributed by atoms with E-state index in [0.29, 0.717) is 6.42 Å². The normalized spacial score (nSPS) is 23.2. The maximum absolute atomic E-state index is 12.2. The van der Waals surface area contributed by atoms with Crippen molar-refractivity contribution in [3.8, 4) is 11.8 Å². The van der Waals surface area contributed by atoms with Gasteiger partial charge in [-0.2, -0.15) is 0 Å². The van der Waals surface area contributed by atoms with Crippen molar-refractivity contribution in [3.63, 3.8) is 0 Å². The van der Waals surface area contributed by atoms with Crippen LogP contribution in [-0.4, -0.2) is 35.4 Å². The molecule has 2 atom stereocenters. The number of carbonyl (C=O) groups is 3. The van der Waals surface area contributed by atoms with Gasteiger partial charge in [0.25, 0.3) is 0 Å². The van der Waals surface area contributed by atoms with Crippen molar-refractivity contribution in [2.75, 3.05) is 6.54 Å². The van der Waals surface area contributed by atoms with Crippen LogP contribution in [0.4, 0.5) is 4.79 Å². The minimum absolute atomic E-state index is 0.0988. The number of imide groups is 1. The fourth-order valence-electron chi connectivity index (χ4n) is 2.96. The van der Waals surface area contributed by atoms with Gasteiger partial charge in [0.05, 0.1) is 6.54 Å². The van der Waals surface area contributed by atoms with E-state index in [4.69, 9.17) is 4.74 Å². The standard InChI is InChI=1S/C20H22N2O4/c1-20(2,3)10-9-13-5-4-6-14(11-13)16-12-22(19(25)26-16)15-7-8-17(23)21-18(15)24/h4-6,11,15-16H,7-8,12H2,1-3H3,(H,21,23,24)/t15?,16-/m1/s1. The number of rotatable bonds is 2. The number of hydrogen-bond acceptors (Lipinski definition) is 4. The fraction of sp³-hybridized carbons (Fsp3) is 0.450. The minimum atomic E-state index is -0.658. The molecule has 1 aromatic carbocycles. The Labute approximate surface area is 152 Å². The van der Waals surface area contributed by atoms with Gasteiger partial charge in [0.1, 0.15) is 12.1 Å². The molecule has 3 amide bonds. The van der Waals surface area contributed by atoms with E-state index in [-0.39, 0.29) is 24.3 Å². The Balaban J connectivity index is 1.75. The zero-order valence-electron chi connectivity index (χ0n) is 15.2. The third-order valence-corrected chi connectivity index (χ3v) is 4.27. The van der Waals surface area contributed by atoms with Gasteiger partial charge >= 0.3 is 6.09 Å². The smallest absolute Gasteiger partial charge is 0.411 e. The highest BCUT2D eigenvalue weighted by atomic mass is 16.6. The van der Waals surface area contributed by atoms with E-state index in [9.17, 15) is 14.4 Å². The Morgan fingerprint density at radius 2 is 2.00 bits per heavy atom. The zero-order chi connectivity index (χ0) is 18.9. The van der Waals surface area contributed by atoms with Gasteiger partial charge in [-0.15, -0.1) is 0 Å². The van der Waals surface area contributed by atoms with Gasteiger partial charge < -0.3 is 4.74 Å². The lowest BCUT2D eigenvalue weighted by Gasteiger charge is -2.27. The summed E-state index contributed by atoms with van der Waals surface area (Å²) >= 11 is 0. The average Bonchev–Trinajstić information content (AvgIpc) is 2.94. The van der Waals surface area contributed by atoms with Crippen molar-refractivity contribution >= 4 is 17.9 Å². The highest BCUT2D eigenvalue weighted by Crippen LogP contribution is 2.29. The number of piperidine rings is 1. The van der Waals surface area contributed by atoms with Crippen molar-refractivity contribution in [1.29, 1.82) is 0 Å². The van der Waals surface area contributed by atoms with Crippen LogP contribution in [0.25, 0.3) is 0 Å². The fourth-order valence-corrected chi connectivity index (χ4v) is 2.96. The summed E-state index contributed by atoms with van der Waals surface area (Å²) in [5.41, 5.74) is 1.60. The van der Waals surface area contributed by atoms with E-state index >= 15 is 0 Å². The molecule has 2 aliphatic rings. The largest absolute Gasteiger partial charge is 0.439 e. The number of hydrogen-bond donors (Lipinski definition) is 1. The first-order valence-electron chi connectivity index (χ1n) is 8.67. The summed E-state index contributed by atoms with van der Waals surface area (Å²) in [4.78, 5) is 36.9. The van der Waals surface area contributed by atoms with E-state index in [1.165, 1.54) is 4.90 Å². The Kier molecular flexibility index (Phi) is 4.73. The van der Waals surface area contributed by atoms with Crippen LogP contribution in [0.15, 0.2) is 24.3 Å². The summed E-state index contributed by atoms with van der Waals surface area (Å²) in [7, 11) is 0. The number of cyclic esters (lactones) is 1. The third kappa shape index (κ3) is 4.05. The molecule has 6 heteroatoms. The third-order valence-electron chi connectivity index (χ3n) is 4.27.